The van der Waals surface area contributed by atoms with E-state index in [4.69, 9.17) is 0 Å². The molecule has 0 saturated heterocycles. The van der Waals surface area contributed by atoms with E-state index in [1.54, 1.807) is 12.4 Å². The average molecular weight is 279 g/mol. The van der Waals surface area contributed by atoms with E-state index in [1.807, 2.05) is 13.8 Å². The average Bonchev–Trinajstić information content (AvgIpc) is 2.86. The van der Waals surface area contributed by atoms with Crippen LogP contribution in [0.15, 0.2) is 24.5 Å². The second-order valence-corrected chi connectivity index (χ2v) is 4.65. The minimum absolute atomic E-state index is 0.0569. The molecule has 0 aliphatic heterocycles. The molecule has 5 heteroatoms. The molecule has 0 saturated carbocycles. The minimum Gasteiger partial charge on any atom is -0.313 e. The summed E-state index contributed by atoms with van der Waals surface area (Å²) < 4.78 is 29.8. The molecule has 2 rings (SSSR count). The van der Waals surface area contributed by atoms with Gasteiger partial charge in [-0.1, -0.05) is 13.8 Å². The van der Waals surface area contributed by atoms with Gasteiger partial charge in [0.15, 0.2) is 11.6 Å². The quantitative estimate of drug-likeness (QED) is 0.823. The lowest BCUT2D eigenvalue weighted by molar-refractivity contribution is 0.558. The van der Waals surface area contributed by atoms with Crippen LogP contribution in [0.1, 0.15) is 31.7 Å². The minimum atomic E-state index is -0.564. The second kappa shape index (κ2) is 6.61. The molecule has 0 aliphatic rings. The number of halogens is 2. The number of aromatic nitrogens is 2. The fourth-order valence-corrected chi connectivity index (χ4v) is 2.16. The van der Waals surface area contributed by atoms with Gasteiger partial charge in [-0.2, -0.15) is 0 Å². The van der Waals surface area contributed by atoms with Crippen molar-refractivity contribution in [3.63, 3.8) is 0 Å². The Morgan fingerprint density at radius 1 is 1.20 bits per heavy atom. The third kappa shape index (κ3) is 3.04. The molecule has 0 radical (unpaired) electrons. The van der Waals surface area contributed by atoms with Gasteiger partial charge < -0.3 is 5.32 Å². The smallest absolute Gasteiger partial charge is 0.150 e. The van der Waals surface area contributed by atoms with Crippen LogP contribution in [-0.4, -0.2) is 16.1 Å². The number of nitrogens with zero attached hydrogens (tertiary/aromatic N) is 2. The molecule has 0 atom stereocenters. The summed E-state index contributed by atoms with van der Waals surface area (Å²) in [5, 5.41) is 3.13. The summed E-state index contributed by atoms with van der Waals surface area (Å²) in [6.07, 6.45) is 4.73. The summed E-state index contributed by atoms with van der Waals surface area (Å²) >= 11 is 0. The Morgan fingerprint density at radius 2 is 1.90 bits per heavy atom. The van der Waals surface area contributed by atoms with Crippen molar-refractivity contribution in [2.24, 2.45) is 0 Å². The molecule has 2 aromatic rings. The Hall–Kier alpha value is -1.75. The SMILES string of the molecule is CCCNCc1cc(F)c(-n2ccnc2CC)c(F)c1. The standard InChI is InChI=1S/C15H19F2N3/c1-3-5-18-10-11-8-12(16)15(13(17)9-11)20-7-6-19-14(20)4-2/h6-9,18H,3-5,10H2,1-2H3. The van der Waals surface area contributed by atoms with E-state index >= 15 is 0 Å². The normalized spacial score (nSPS) is 11.0. The molecular weight excluding hydrogens is 260 g/mol. The molecule has 0 fully saturated rings. The van der Waals surface area contributed by atoms with Crippen LogP contribution in [0.3, 0.4) is 0 Å². The molecule has 3 nitrogen and oxygen atoms in total. The van der Waals surface area contributed by atoms with Gasteiger partial charge in [-0.15, -0.1) is 0 Å². The van der Waals surface area contributed by atoms with Crippen LogP contribution in [0.25, 0.3) is 5.69 Å². The first-order valence-corrected chi connectivity index (χ1v) is 6.88. The van der Waals surface area contributed by atoms with E-state index in [0.29, 0.717) is 24.4 Å². The highest BCUT2D eigenvalue weighted by molar-refractivity contribution is 5.39. The molecule has 0 amide bonds. The van der Waals surface area contributed by atoms with Gasteiger partial charge in [0.25, 0.3) is 0 Å². The summed E-state index contributed by atoms with van der Waals surface area (Å²) in [5.41, 5.74) is 0.550. The monoisotopic (exact) mass is 279 g/mol. The van der Waals surface area contributed by atoms with Crippen LogP contribution in [0.5, 0.6) is 0 Å². The lowest BCUT2D eigenvalue weighted by atomic mass is 10.1. The summed E-state index contributed by atoms with van der Waals surface area (Å²) in [6, 6.07) is 2.75. The van der Waals surface area contributed by atoms with E-state index in [2.05, 4.69) is 10.3 Å². The van der Waals surface area contributed by atoms with E-state index in [9.17, 15) is 8.78 Å². The van der Waals surface area contributed by atoms with E-state index < -0.39 is 11.6 Å². The van der Waals surface area contributed by atoms with Crippen LogP contribution >= 0.6 is 0 Å². The Balaban J connectivity index is 2.32. The fourth-order valence-electron chi connectivity index (χ4n) is 2.16. The van der Waals surface area contributed by atoms with Gasteiger partial charge in [0.05, 0.1) is 0 Å². The predicted molar refractivity (Wildman–Crippen MR) is 74.9 cm³/mol. The molecule has 0 aliphatic carbocycles. The Morgan fingerprint density at radius 3 is 2.50 bits per heavy atom. The zero-order valence-electron chi connectivity index (χ0n) is 11.8. The second-order valence-electron chi connectivity index (χ2n) is 4.65. The Kier molecular flexibility index (Phi) is 4.84. The third-order valence-corrected chi connectivity index (χ3v) is 3.11. The number of aryl methyl sites for hydroxylation is 1. The van der Waals surface area contributed by atoms with Crippen molar-refractivity contribution >= 4 is 0 Å². The molecule has 108 valence electrons. The van der Waals surface area contributed by atoms with Crippen LogP contribution in [0.4, 0.5) is 8.78 Å². The molecule has 1 aromatic heterocycles. The lowest BCUT2D eigenvalue weighted by Gasteiger charge is -2.11. The molecule has 0 unspecified atom stereocenters. The molecule has 0 spiro atoms. The van der Waals surface area contributed by atoms with Crippen molar-refractivity contribution in [2.45, 2.75) is 33.2 Å². The maximum Gasteiger partial charge on any atom is 0.150 e. The Labute approximate surface area is 117 Å². The van der Waals surface area contributed by atoms with Crippen molar-refractivity contribution in [3.05, 3.63) is 47.5 Å². The van der Waals surface area contributed by atoms with Crippen molar-refractivity contribution in [1.29, 1.82) is 0 Å². The molecule has 1 heterocycles. The Bertz CT molecular complexity index is 555. The van der Waals surface area contributed by atoms with Gasteiger partial charge in [0.2, 0.25) is 0 Å². The van der Waals surface area contributed by atoms with Gasteiger partial charge in [-0.25, -0.2) is 13.8 Å². The topological polar surface area (TPSA) is 29.9 Å². The van der Waals surface area contributed by atoms with Gasteiger partial charge in [0, 0.05) is 25.4 Å². The maximum atomic E-state index is 14.2. The first-order chi connectivity index (χ1) is 9.67. The van der Waals surface area contributed by atoms with Crippen LogP contribution in [0, 0.1) is 11.6 Å². The van der Waals surface area contributed by atoms with Crippen molar-refractivity contribution in [1.82, 2.24) is 14.9 Å². The highest BCUT2D eigenvalue weighted by atomic mass is 19.1. The number of hydrogen-bond acceptors (Lipinski definition) is 2. The van der Waals surface area contributed by atoms with Crippen LogP contribution in [0.2, 0.25) is 0 Å². The summed E-state index contributed by atoms with van der Waals surface area (Å²) in [6.45, 7) is 5.24. The summed E-state index contributed by atoms with van der Waals surface area (Å²) in [4.78, 5) is 4.09. The highest BCUT2D eigenvalue weighted by Gasteiger charge is 2.15. The fraction of sp³-hybridized carbons (Fsp3) is 0.400. The molecular formula is C15H19F2N3. The largest absolute Gasteiger partial charge is 0.313 e. The summed E-state index contributed by atoms with van der Waals surface area (Å²) in [5.74, 6) is -0.489. The highest BCUT2D eigenvalue weighted by Crippen LogP contribution is 2.21. The predicted octanol–water partition coefficient (Wildman–Crippen LogP) is 3.21. The zero-order valence-corrected chi connectivity index (χ0v) is 11.8. The molecule has 0 bridgehead atoms. The van der Waals surface area contributed by atoms with Gasteiger partial charge in [-0.05, 0) is 30.7 Å². The first-order valence-electron chi connectivity index (χ1n) is 6.88. The first kappa shape index (κ1) is 14.7. The lowest BCUT2D eigenvalue weighted by Crippen LogP contribution is -2.15. The number of benzene rings is 1. The van der Waals surface area contributed by atoms with Gasteiger partial charge >= 0.3 is 0 Å². The zero-order chi connectivity index (χ0) is 14.5. The van der Waals surface area contributed by atoms with E-state index in [0.717, 1.165) is 13.0 Å². The third-order valence-electron chi connectivity index (χ3n) is 3.11. The van der Waals surface area contributed by atoms with Gasteiger partial charge in [-0.3, -0.25) is 4.57 Å². The van der Waals surface area contributed by atoms with E-state index in [-0.39, 0.29) is 5.69 Å². The molecule has 1 aromatic carbocycles. The summed E-state index contributed by atoms with van der Waals surface area (Å²) in [7, 11) is 0. The molecule has 1 N–H and O–H groups in total. The van der Waals surface area contributed by atoms with Crippen molar-refractivity contribution < 1.29 is 8.78 Å². The number of rotatable bonds is 6. The molecule has 20 heavy (non-hydrogen) atoms. The number of hydrogen-bond donors (Lipinski definition) is 1. The van der Waals surface area contributed by atoms with Gasteiger partial charge in [0.1, 0.15) is 11.5 Å². The van der Waals surface area contributed by atoms with Crippen molar-refractivity contribution in [2.75, 3.05) is 6.54 Å². The number of nitrogens with one attached hydrogen (secondary N) is 1. The van der Waals surface area contributed by atoms with Crippen LogP contribution < -0.4 is 5.32 Å². The van der Waals surface area contributed by atoms with Crippen molar-refractivity contribution in [3.8, 4) is 5.69 Å². The van der Waals surface area contributed by atoms with Crippen LogP contribution in [-0.2, 0) is 13.0 Å². The number of imidazole rings is 1. The van der Waals surface area contributed by atoms with E-state index in [1.165, 1.54) is 16.7 Å². The maximum absolute atomic E-state index is 14.2.